The molecule has 334 valence electrons. The van der Waals surface area contributed by atoms with E-state index >= 15 is 0 Å². The number of benzene rings is 8. The van der Waals surface area contributed by atoms with Gasteiger partial charge in [0.2, 0.25) is 0 Å². The highest BCUT2D eigenvalue weighted by molar-refractivity contribution is 6.14. The number of rotatable bonds is 8. The molecular weight excluding hydrogens is 853 g/mol. The van der Waals surface area contributed by atoms with Gasteiger partial charge in [0.05, 0.1) is 17.1 Å². The third-order valence-corrected chi connectivity index (χ3v) is 16.1. The Morgan fingerprint density at radius 1 is 0.429 bits per heavy atom. The van der Waals surface area contributed by atoms with Gasteiger partial charge in [0.25, 0.3) is 0 Å². The van der Waals surface area contributed by atoms with E-state index in [9.17, 15) is 0 Å². The summed E-state index contributed by atoms with van der Waals surface area (Å²) in [5.41, 5.74) is 17.8. The summed E-state index contributed by atoms with van der Waals surface area (Å²) >= 11 is 0. The first-order valence-electron chi connectivity index (χ1n) is 24.4. The number of nitrogens with zero attached hydrogens (tertiary/aromatic N) is 2. The molecule has 4 aliphatic carbocycles. The Morgan fingerprint density at radius 3 is 1.46 bits per heavy atom. The first-order valence-corrected chi connectivity index (χ1v) is 24.4. The summed E-state index contributed by atoms with van der Waals surface area (Å²) < 4.78 is 14.3. The van der Waals surface area contributed by atoms with Crippen LogP contribution in [-0.2, 0) is 0 Å². The van der Waals surface area contributed by atoms with Gasteiger partial charge in [0, 0.05) is 66.5 Å². The number of hydrogen-bond acceptors (Lipinski definition) is 4. The minimum atomic E-state index is -0.409. The van der Waals surface area contributed by atoms with Crippen LogP contribution >= 0.6 is 0 Å². The Morgan fingerprint density at radius 2 is 0.900 bits per heavy atom. The fourth-order valence-electron chi connectivity index (χ4n) is 12.6. The van der Waals surface area contributed by atoms with Gasteiger partial charge < -0.3 is 18.6 Å². The minimum Gasteiger partial charge on any atom is -0.453 e. The van der Waals surface area contributed by atoms with Crippen molar-refractivity contribution < 1.29 is 8.83 Å². The molecule has 3 atom stereocenters. The fourth-order valence-corrected chi connectivity index (χ4v) is 12.6. The summed E-state index contributed by atoms with van der Waals surface area (Å²) in [6, 6.07) is 69.1. The smallest absolute Gasteiger partial charge is 0.159 e. The monoisotopic (exact) mass is 900 g/mol. The van der Waals surface area contributed by atoms with Gasteiger partial charge in [-0.15, -0.1) is 0 Å². The second-order valence-electron chi connectivity index (χ2n) is 19.4. The molecule has 10 aromatic rings. The molecule has 0 aliphatic heterocycles. The number of fused-ring (bicyclic) bond motifs is 6. The summed E-state index contributed by atoms with van der Waals surface area (Å²) in [5.74, 6) is 0.106. The normalized spacial score (nSPS) is 20.1. The molecule has 0 N–H and O–H groups in total. The average Bonchev–Trinajstić information content (AvgIpc) is 4.00. The molecule has 2 aromatic heterocycles. The van der Waals surface area contributed by atoms with Gasteiger partial charge in [-0.3, -0.25) is 0 Å². The van der Waals surface area contributed by atoms with Gasteiger partial charge in [0.1, 0.15) is 11.2 Å². The Bertz CT molecular complexity index is 3940. The Balaban J connectivity index is 0.949. The van der Waals surface area contributed by atoms with Crippen LogP contribution in [0.2, 0.25) is 0 Å². The minimum absolute atomic E-state index is 0.106. The zero-order valence-corrected chi connectivity index (χ0v) is 39.0. The van der Waals surface area contributed by atoms with Crippen molar-refractivity contribution in [3.8, 4) is 22.3 Å². The standard InChI is InChI=1S/C66H48N2O2/c1-65-45-35-40-56-58(68(48-25-13-6-14-26-48)60-34-18-32-54-52-30-16-28-50(62(52)70-64(54)60)44-21-9-4-10-22-44)42-38-46(66(56,65)2)36-39-55(65)57(41-37-45)67(47-23-11-5-12-24-47)59-33-17-31-53-51-29-15-27-49(61(51)69-63(53)59)43-19-7-3-8-20-43/h3-39,41-42,56H,40H2,1-2H3. The van der Waals surface area contributed by atoms with Gasteiger partial charge >= 0.3 is 0 Å². The Hall–Kier alpha value is -8.60. The second kappa shape index (κ2) is 15.5. The van der Waals surface area contributed by atoms with Crippen LogP contribution < -0.4 is 9.80 Å². The lowest BCUT2D eigenvalue weighted by molar-refractivity contribution is 0.114. The molecule has 14 rings (SSSR count). The zero-order chi connectivity index (χ0) is 46.6. The van der Waals surface area contributed by atoms with Crippen molar-refractivity contribution in [2.24, 2.45) is 16.7 Å². The molecule has 0 bridgehead atoms. The second-order valence-corrected chi connectivity index (χ2v) is 19.4. The van der Waals surface area contributed by atoms with Gasteiger partial charge in [-0.05, 0) is 82.8 Å². The molecule has 0 saturated carbocycles. The quantitative estimate of drug-likeness (QED) is 0.152. The van der Waals surface area contributed by atoms with E-state index in [1.807, 2.05) is 0 Å². The lowest BCUT2D eigenvalue weighted by atomic mass is 9.43. The molecule has 0 radical (unpaired) electrons. The molecule has 0 amide bonds. The van der Waals surface area contributed by atoms with Crippen molar-refractivity contribution in [1.82, 2.24) is 0 Å². The van der Waals surface area contributed by atoms with Crippen molar-refractivity contribution in [3.63, 3.8) is 0 Å². The zero-order valence-electron chi connectivity index (χ0n) is 39.0. The third-order valence-electron chi connectivity index (χ3n) is 16.1. The number of para-hydroxylation sites is 6. The van der Waals surface area contributed by atoms with Crippen LogP contribution in [0, 0.1) is 16.7 Å². The number of hydrogen-bond donors (Lipinski definition) is 0. The van der Waals surface area contributed by atoms with Crippen molar-refractivity contribution in [3.05, 3.63) is 265 Å². The number of anilines is 4. The van der Waals surface area contributed by atoms with E-state index in [1.165, 1.54) is 22.4 Å². The average molecular weight is 901 g/mol. The largest absolute Gasteiger partial charge is 0.453 e. The van der Waals surface area contributed by atoms with Crippen LogP contribution in [0.15, 0.2) is 274 Å². The predicted molar refractivity (Wildman–Crippen MR) is 289 cm³/mol. The molecule has 0 spiro atoms. The fraction of sp³-hybridized carbons (Fsp3) is 0.0909. The van der Waals surface area contributed by atoms with Crippen molar-refractivity contribution in [2.75, 3.05) is 9.80 Å². The van der Waals surface area contributed by atoms with E-state index in [0.29, 0.717) is 0 Å². The van der Waals surface area contributed by atoms with Crippen LogP contribution in [0.4, 0.5) is 22.7 Å². The highest BCUT2D eigenvalue weighted by Crippen LogP contribution is 2.69. The summed E-state index contributed by atoms with van der Waals surface area (Å²) in [7, 11) is 0. The molecule has 70 heavy (non-hydrogen) atoms. The number of allylic oxidation sites excluding steroid dienone is 11. The van der Waals surface area contributed by atoms with E-state index < -0.39 is 5.41 Å². The first-order chi connectivity index (χ1) is 34.5. The maximum absolute atomic E-state index is 7.14. The van der Waals surface area contributed by atoms with Gasteiger partial charge in [0.15, 0.2) is 11.2 Å². The van der Waals surface area contributed by atoms with E-state index in [0.717, 1.165) is 101 Å². The molecule has 0 fully saturated rings. The SMILES string of the molecule is CC12C3=CCC4C(N(c5ccccc5)c5cccc6c5oc5c(-c7ccccc7)cccc56)=CC=C(C=CC1=C(N(c1ccccc1)c1cccc5c1oc1c(-c6ccccc6)cccc15)C=C3)C42C. The lowest BCUT2D eigenvalue weighted by Gasteiger charge is -2.61. The van der Waals surface area contributed by atoms with E-state index in [-0.39, 0.29) is 11.3 Å². The maximum Gasteiger partial charge on any atom is 0.159 e. The van der Waals surface area contributed by atoms with Crippen LogP contribution in [0.25, 0.3) is 66.1 Å². The van der Waals surface area contributed by atoms with Gasteiger partial charge in [-0.1, -0.05) is 202 Å². The van der Waals surface area contributed by atoms with Crippen molar-refractivity contribution >= 4 is 66.6 Å². The third kappa shape index (κ3) is 5.71. The van der Waals surface area contributed by atoms with Crippen LogP contribution in [-0.4, -0.2) is 0 Å². The Kier molecular flexibility index (Phi) is 8.94. The highest BCUT2D eigenvalue weighted by Gasteiger charge is 2.61. The maximum atomic E-state index is 7.14. The molecule has 2 heterocycles. The van der Waals surface area contributed by atoms with Crippen LogP contribution in [0.1, 0.15) is 20.3 Å². The van der Waals surface area contributed by atoms with E-state index in [4.69, 9.17) is 8.83 Å². The van der Waals surface area contributed by atoms with Gasteiger partial charge in [-0.25, -0.2) is 0 Å². The predicted octanol–water partition coefficient (Wildman–Crippen LogP) is 18.0. The molecule has 3 unspecified atom stereocenters. The molecule has 4 heteroatoms. The van der Waals surface area contributed by atoms with Crippen LogP contribution in [0.5, 0.6) is 0 Å². The summed E-state index contributed by atoms with van der Waals surface area (Å²) in [6.07, 6.45) is 17.7. The number of furan rings is 2. The molecule has 4 aliphatic rings. The van der Waals surface area contributed by atoms with E-state index in [2.05, 4.69) is 260 Å². The summed E-state index contributed by atoms with van der Waals surface area (Å²) in [5, 5.41) is 4.42. The van der Waals surface area contributed by atoms with E-state index in [1.54, 1.807) is 0 Å². The lowest BCUT2D eigenvalue weighted by Crippen LogP contribution is -2.54. The molecule has 8 aromatic carbocycles. The topological polar surface area (TPSA) is 32.8 Å². The first kappa shape index (κ1) is 40.5. The summed E-state index contributed by atoms with van der Waals surface area (Å²) in [4.78, 5) is 4.93. The molecule has 0 saturated heterocycles. The Labute approximate surface area is 407 Å². The van der Waals surface area contributed by atoms with Gasteiger partial charge in [-0.2, -0.15) is 0 Å². The van der Waals surface area contributed by atoms with Crippen molar-refractivity contribution in [1.29, 1.82) is 0 Å². The summed E-state index contributed by atoms with van der Waals surface area (Å²) in [6.45, 7) is 5.03. The van der Waals surface area contributed by atoms with Crippen LogP contribution in [0.3, 0.4) is 0 Å². The molecule has 4 nitrogen and oxygen atoms in total. The highest BCUT2D eigenvalue weighted by atomic mass is 16.3. The molecular formula is C66H48N2O2. The van der Waals surface area contributed by atoms with Crippen molar-refractivity contribution in [2.45, 2.75) is 20.3 Å².